The predicted octanol–water partition coefficient (Wildman–Crippen LogP) is 13.9. The maximum Gasteiger partial charge on any atom is 0.0346 e. The van der Waals surface area contributed by atoms with Crippen molar-refractivity contribution < 1.29 is 0 Å². The van der Waals surface area contributed by atoms with Gasteiger partial charge in [0, 0.05) is 35.9 Å². The molecule has 0 aliphatic carbocycles. The number of hydrogen-bond donors (Lipinski definition) is 0. The van der Waals surface area contributed by atoms with Gasteiger partial charge in [-0.2, -0.15) is 0 Å². The van der Waals surface area contributed by atoms with Crippen LogP contribution in [-0.4, -0.2) is 9.97 Å². The molecule has 0 saturated carbocycles. The second-order valence-electron chi connectivity index (χ2n) is 14.0. The maximum absolute atomic E-state index is 4.52. The van der Waals surface area contributed by atoms with E-state index in [-0.39, 0.29) is 0 Å². The molecule has 2 nitrogen and oxygen atoms in total. The van der Waals surface area contributed by atoms with Crippen LogP contribution in [0.15, 0.2) is 183 Å². The molecule has 0 aliphatic heterocycles. The normalized spacial score (nSPS) is 11.3. The second kappa shape index (κ2) is 14.4. The van der Waals surface area contributed by atoms with Crippen molar-refractivity contribution in [2.24, 2.45) is 0 Å². The summed E-state index contributed by atoms with van der Waals surface area (Å²) in [6, 6.07) is 58.1. The molecule has 0 bridgehead atoms. The summed E-state index contributed by atoms with van der Waals surface area (Å²) in [5.74, 6) is 0. The molecule has 7 aromatic carbocycles. The van der Waals surface area contributed by atoms with Crippen molar-refractivity contribution in [1.29, 1.82) is 0 Å². The van der Waals surface area contributed by atoms with E-state index in [0.717, 1.165) is 24.0 Å². The zero-order valence-corrected chi connectivity index (χ0v) is 30.6. The van der Waals surface area contributed by atoms with Gasteiger partial charge in [-0.25, -0.2) is 0 Å². The molecule has 0 spiro atoms. The first-order valence-electron chi connectivity index (χ1n) is 18.9. The van der Waals surface area contributed by atoms with Crippen molar-refractivity contribution in [1.82, 2.24) is 9.97 Å². The minimum absolute atomic E-state index is 0.964. The Hall–Kier alpha value is -6.64. The third-order valence-electron chi connectivity index (χ3n) is 10.7. The Balaban J connectivity index is 1.25. The van der Waals surface area contributed by atoms with Crippen molar-refractivity contribution in [2.45, 2.75) is 26.7 Å². The largest absolute Gasteiger partial charge is 0.264 e. The Morgan fingerprint density at radius 3 is 1.26 bits per heavy atom. The fourth-order valence-corrected chi connectivity index (χ4v) is 7.83. The van der Waals surface area contributed by atoms with Gasteiger partial charge >= 0.3 is 0 Å². The smallest absolute Gasteiger partial charge is 0.0346 e. The lowest BCUT2D eigenvalue weighted by molar-refractivity contribution is 1.10. The van der Waals surface area contributed by atoms with Crippen molar-refractivity contribution in [2.75, 3.05) is 0 Å². The summed E-state index contributed by atoms with van der Waals surface area (Å²) < 4.78 is 0. The number of fused-ring (bicyclic) bond motifs is 2. The lowest BCUT2D eigenvalue weighted by atomic mass is 9.84. The quantitative estimate of drug-likeness (QED) is 0.148. The van der Waals surface area contributed by atoms with E-state index in [4.69, 9.17) is 0 Å². The van der Waals surface area contributed by atoms with E-state index < -0.39 is 0 Å². The van der Waals surface area contributed by atoms with E-state index >= 15 is 0 Å². The molecule has 2 heteroatoms. The van der Waals surface area contributed by atoms with Crippen LogP contribution < -0.4 is 0 Å². The molecule has 0 saturated heterocycles. The molecule has 0 radical (unpaired) electrons. The van der Waals surface area contributed by atoms with Gasteiger partial charge < -0.3 is 0 Å². The van der Waals surface area contributed by atoms with Gasteiger partial charge in [0.05, 0.1) is 0 Å². The summed E-state index contributed by atoms with van der Waals surface area (Å²) in [5.41, 5.74) is 16.8. The third-order valence-corrected chi connectivity index (χ3v) is 10.7. The molecular weight excluding hydrogens is 653 g/mol. The third kappa shape index (κ3) is 6.27. The fourth-order valence-electron chi connectivity index (χ4n) is 7.83. The summed E-state index contributed by atoms with van der Waals surface area (Å²) in [7, 11) is 0. The minimum Gasteiger partial charge on any atom is -0.264 e. The van der Waals surface area contributed by atoms with Gasteiger partial charge in [0.1, 0.15) is 0 Å². The van der Waals surface area contributed by atoms with Gasteiger partial charge in [-0.3, -0.25) is 9.97 Å². The van der Waals surface area contributed by atoms with Gasteiger partial charge in [0.2, 0.25) is 0 Å². The van der Waals surface area contributed by atoms with Gasteiger partial charge in [0.15, 0.2) is 0 Å². The SMILES string of the molecule is CCc1cncc(-c2ccc(-c3c4ccccc4c(-c4ccc(-c5cncc(CC)c5)cc4)c4cc(-c5cccc(-c6ccccc6)c5)ccc34)cc2)c1. The van der Waals surface area contributed by atoms with Crippen molar-refractivity contribution in [3.63, 3.8) is 0 Å². The summed E-state index contributed by atoms with van der Waals surface area (Å²) in [6.07, 6.45) is 9.77. The van der Waals surface area contributed by atoms with Gasteiger partial charge in [-0.15, -0.1) is 0 Å². The Kier molecular flexibility index (Phi) is 8.86. The highest BCUT2D eigenvalue weighted by Gasteiger charge is 2.18. The lowest BCUT2D eigenvalue weighted by Crippen LogP contribution is -1.92. The summed E-state index contributed by atoms with van der Waals surface area (Å²) >= 11 is 0. The number of aromatic nitrogens is 2. The van der Waals surface area contributed by atoms with Gasteiger partial charge in [-0.1, -0.05) is 147 Å². The second-order valence-corrected chi connectivity index (χ2v) is 14.0. The molecule has 54 heavy (non-hydrogen) atoms. The first kappa shape index (κ1) is 33.2. The Morgan fingerprint density at radius 2 is 0.704 bits per heavy atom. The zero-order chi connectivity index (χ0) is 36.4. The van der Waals surface area contributed by atoms with Crippen LogP contribution in [0.3, 0.4) is 0 Å². The molecule has 2 aromatic heterocycles. The van der Waals surface area contributed by atoms with Crippen LogP contribution in [0, 0.1) is 0 Å². The number of nitrogens with zero attached hydrogens (tertiary/aromatic N) is 2. The number of aryl methyl sites for hydroxylation is 2. The summed E-state index contributed by atoms with van der Waals surface area (Å²) in [5, 5.41) is 4.95. The fraction of sp³-hybridized carbons (Fsp3) is 0.0769. The first-order valence-corrected chi connectivity index (χ1v) is 18.9. The number of benzene rings is 7. The van der Waals surface area contributed by atoms with E-state index in [1.165, 1.54) is 88.3 Å². The van der Waals surface area contributed by atoms with Crippen LogP contribution in [0.1, 0.15) is 25.0 Å². The van der Waals surface area contributed by atoms with Crippen LogP contribution in [-0.2, 0) is 12.8 Å². The van der Waals surface area contributed by atoms with E-state index in [2.05, 4.69) is 182 Å². The highest BCUT2D eigenvalue weighted by atomic mass is 14.6. The average molecular weight is 693 g/mol. The Morgan fingerprint density at radius 1 is 0.296 bits per heavy atom. The summed E-state index contributed by atoms with van der Waals surface area (Å²) in [6.45, 7) is 4.35. The molecule has 0 atom stereocenters. The molecule has 0 amide bonds. The Bertz CT molecular complexity index is 2760. The van der Waals surface area contributed by atoms with Crippen LogP contribution >= 0.6 is 0 Å². The van der Waals surface area contributed by atoms with Crippen LogP contribution in [0.25, 0.3) is 88.3 Å². The molecule has 9 rings (SSSR count). The van der Waals surface area contributed by atoms with Crippen molar-refractivity contribution in [3.8, 4) is 66.8 Å². The van der Waals surface area contributed by atoms with Crippen molar-refractivity contribution >= 4 is 21.5 Å². The minimum atomic E-state index is 0.964. The van der Waals surface area contributed by atoms with Gasteiger partial charge in [0.25, 0.3) is 0 Å². The van der Waals surface area contributed by atoms with Crippen molar-refractivity contribution in [3.05, 3.63) is 194 Å². The molecule has 2 heterocycles. The topological polar surface area (TPSA) is 25.8 Å². The summed E-state index contributed by atoms with van der Waals surface area (Å²) in [4.78, 5) is 9.04. The molecule has 0 fully saturated rings. The molecule has 0 unspecified atom stereocenters. The van der Waals surface area contributed by atoms with Crippen LogP contribution in [0.4, 0.5) is 0 Å². The van der Waals surface area contributed by atoms with E-state index in [9.17, 15) is 0 Å². The molecule has 0 aliphatic rings. The average Bonchev–Trinajstić information content (AvgIpc) is 3.26. The lowest BCUT2D eigenvalue weighted by Gasteiger charge is -2.19. The molecular formula is C52H40N2. The van der Waals surface area contributed by atoms with Gasteiger partial charge in [-0.05, 0) is 125 Å². The Labute approximate surface area is 317 Å². The number of hydrogen-bond acceptors (Lipinski definition) is 2. The highest BCUT2D eigenvalue weighted by Crippen LogP contribution is 2.45. The van der Waals surface area contributed by atoms with E-state index in [0.29, 0.717) is 0 Å². The monoisotopic (exact) mass is 692 g/mol. The van der Waals surface area contributed by atoms with E-state index in [1.54, 1.807) is 0 Å². The highest BCUT2D eigenvalue weighted by molar-refractivity contribution is 6.22. The maximum atomic E-state index is 4.52. The standard InChI is InChI=1S/C52H40N2/c1-3-35-27-45(33-53-31-35)38-17-21-40(22-18-38)51-47-15-8-9-16-48(47)52(41-23-19-39(20-24-41)46-28-36(4-2)32-54-34-46)50-30-44(25-26-49(50)51)43-14-10-13-42(29-43)37-11-6-5-7-12-37/h5-34H,3-4H2,1-2H3. The molecule has 9 aromatic rings. The van der Waals surface area contributed by atoms with Crippen LogP contribution in [0.5, 0.6) is 0 Å². The van der Waals surface area contributed by atoms with E-state index in [1.807, 2.05) is 24.8 Å². The first-order chi connectivity index (χ1) is 26.7. The molecule has 0 N–H and O–H groups in total. The van der Waals surface area contributed by atoms with Crippen LogP contribution in [0.2, 0.25) is 0 Å². The predicted molar refractivity (Wildman–Crippen MR) is 228 cm³/mol. The zero-order valence-electron chi connectivity index (χ0n) is 30.6. The molecule has 258 valence electrons. The number of pyridine rings is 2. The number of rotatable bonds is 8.